The number of benzene rings is 2. The van der Waals surface area contributed by atoms with Crippen LogP contribution in [-0.2, 0) is 24.1 Å². The third-order valence-electron chi connectivity index (χ3n) is 5.97. The van der Waals surface area contributed by atoms with Crippen molar-refractivity contribution in [2.75, 3.05) is 11.9 Å². The first kappa shape index (κ1) is 21.3. The quantitative estimate of drug-likeness (QED) is 0.672. The normalized spacial score (nSPS) is 17.7. The number of hydrogen-bond acceptors (Lipinski definition) is 4. The maximum atomic E-state index is 13.1. The number of nitrogens with zero attached hydrogens (tertiary/aromatic N) is 3. The number of sulfonamides is 1. The molecule has 1 N–H and O–H groups in total. The molecule has 1 saturated heterocycles. The molecule has 0 aliphatic carbocycles. The molecule has 0 saturated carbocycles. The molecule has 2 aromatic carbocycles. The molecular formula is C22H26N4O4S. The number of anilines is 1. The number of amides is 1. The van der Waals surface area contributed by atoms with Crippen LogP contribution in [0, 0.1) is 0 Å². The maximum Gasteiger partial charge on any atom is 0.328 e. The van der Waals surface area contributed by atoms with Gasteiger partial charge in [0.25, 0.3) is 5.91 Å². The Morgan fingerprint density at radius 2 is 1.77 bits per heavy atom. The van der Waals surface area contributed by atoms with Crippen molar-refractivity contribution in [1.29, 1.82) is 0 Å². The van der Waals surface area contributed by atoms with Crippen molar-refractivity contribution >= 4 is 32.7 Å². The van der Waals surface area contributed by atoms with Crippen LogP contribution in [0.3, 0.4) is 0 Å². The van der Waals surface area contributed by atoms with Gasteiger partial charge in [0, 0.05) is 37.9 Å². The smallest absolute Gasteiger partial charge is 0.322 e. The number of hydrogen-bond donors (Lipinski definition) is 1. The highest BCUT2D eigenvalue weighted by Crippen LogP contribution is 2.26. The third kappa shape index (κ3) is 3.79. The van der Waals surface area contributed by atoms with Gasteiger partial charge in [0.1, 0.15) is 0 Å². The van der Waals surface area contributed by atoms with Gasteiger partial charge in [-0.15, -0.1) is 0 Å². The van der Waals surface area contributed by atoms with Crippen LogP contribution in [0.1, 0.15) is 36.5 Å². The molecule has 9 heteroatoms. The van der Waals surface area contributed by atoms with E-state index in [-0.39, 0.29) is 22.2 Å². The SMILES string of the molecule is CC1CCCCN1S(=O)(=O)c1cccc(C(=O)Nc2ccc3c(c2)n(C)c(=O)n3C)c1. The molecule has 31 heavy (non-hydrogen) atoms. The van der Waals surface area contributed by atoms with Crippen molar-refractivity contribution < 1.29 is 13.2 Å². The van der Waals surface area contributed by atoms with Crippen LogP contribution in [-0.4, -0.2) is 40.4 Å². The molecular weight excluding hydrogens is 416 g/mol. The third-order valence-corrected chi connectivity index (χ3v) is 7.98. The molecule has 1 atom stereocenters. The number of rotatable bonds is 4. The first-order chi connectivity index (χ1) is 14.7. The van der Waals surface area contributed by atoms with Gasteiger partial charge < -0.3 is 5.32 Å². The van der Waals surface area contributed by atoms with Crippen molar-refractivity contribution in [3.63, 3.8) is 0 Å². The Labute approximate surface area is 181 Å². The average Bonchev–Trinajstić information content (AvgIpc) is 2.97. The largest absolute Gasteiger partial charge is 0.328 e. The summed E-state index contributed by atoms with van der Waals surface area (Å²) < 4.78 is 30.8. The molecule has 8 nitrogen and oxygen atoms in total. The Morgan fingerprint density at radius 1 is 1.03 bits per heavy atom. The molecule has 4 rings (SSSR count). The highest BCUT2D eigenvalue weighted by Gasteiger charge is 2.31. The Bertz CT molecular complexity index is 1320. The number of piperidine rings is 1. The Morgan fingerprint density at radius 3 is 2.52 bits per heavy atom. The summed E-state index contributed by atoms with van der Waals surface area (Å²) in [6.45, 7) is 2.41. The van der Waals surface area contributed by atoms with Gasteiger partial charge in [-0.2, -0.15) is 4.31 Å². The number of fused-ring (bicyclic) bond motifs is 1. The van der Waals surface area contributed by atoms with Crippen molar-refractivity contribution in [2.45, 2.75) is 37.1 Å². The number of aryl methyl sites for hydroxylation is 2. The lowest BCUT2D eigenvalue weighted by Crippen LogP contribution is -2.41. The van der Waals surface area contributed by atoms with Gasteiger partial charge in [-0.25, -0.2) is 13.2 Å². The lowest BCUT2D eigenvalue weighted by atomic mass is 10.1. The van der Waals surface area contributed by atoms with E-state index in [9.17, 15) is 18.0 Å². The molecule has 1 aliphatic heterocycles. The summed E-state index contributed by atoms with van der Waals surface area (Å²) in [4.78, 5) is 25.1. The van der Waals surface area contributed by atoms with Crippen LogP contribution < -0.4 is 11.0 Å². The van der Waals surface area contributed by atoms with Crippen LogP contribution in [0.4, 0.5) is 5.69 Å². The number of aromatic nitrogens is 2. The molecule has 1 amide bonds. The monoisotopic (exact) mass is 442 g/mol. The Balaban J connectivity index is 1.61. The van der Waals surface area contributed by atoms with Crippen molar-refractivity contribution in [1.82, 2.24) is 13.4 Å². The zero-order valence-corrected chi connectivity index (χ0v) is 18.6. The lowest BCUT2D eigenvalue weighted by Gasteiger charge is -2.32. The lowest BCUT2D eigenvalue weighted by molar-refractivity contribution is 0.102. The maximum absolute atomic E-state index is 13.1. The summed E-state index contributed by atoms with van der Waals surface area (Å²) >= 11 is 0. The number of carbonyl (C=O) groups excluding carboxylic acids is 1. The first-order valence-corrected chi connectivity index (χ1v) is 11.7. The Hall–Kier alpha value is -2.91. The van der Waals surface area contributed by atoms with E-state index in [4.69, 9.17) is 0 Å². The van der Waals surface area contributed by atoms with E-state index in [1.807, 2.05) is 6.92 Å². The molecule has 0 spiro atoms. The standard InChI is InChI=1S/C22H26N4O4S/c1-15-7-4-5-12-26(15)31(29,30)18-9-6-8-16(13-18)21(27)23-17-10-11-19-20(14-17)25(3)22(28)24(19)2/h6,8-11,13-15H,4-5,7,12H2,1-3H3,(H,23,27). The second-order valence-corrected chi connectivity index (χ2v) is 9.94. The fourth-order valence-corrected chi connectivity index (χ4v) is 5.90. The molecule has 2 heterocycles. The van der Waals surface area contributed by atoms with Crippen molar-refractivity contribution in [3.05, 3.63) is 58.5 Å². The van der Waals surface area contributed by atoms with Gasteiger partial charge in [-0.05, 0) is 56.2 Å². The number of imidazole rings is 1. The first-order valence-electron chi connectivity index (χ1n) is 10.3. The minimum Gasteiger partial charge on any atom is -0.322 e. The van der Waals surface area contributed by atoms with Gasteiger partial charge in [0.15, 0.2) is 0 Å². The van der Waals surface area contributed by atoms with E-state index in [1.54, 1.807) is 44.4 Å². The van der Waals surface area contributed by atoms with Crippen LogP contribution in [0.2, 0.25) is 0 Å². The fraction of sp³-hybridized carbons (Fsp3) is 0.364. The fourth-order valence-electron chi connectivity index (χ4n) is 4.15. The minimum atomic E-state index is -3.66. The van der Waals surface area contributed by atoms with Crippen LogP contribution >= 0.6 is 0 Å². The predicted molar refractivity (Wildman–Crippen MR) is 120 cm³/mol. The Kier molecular flexibility index (Phi) is 5.49. The van der Waals surface area contributed by atoms with Crippen LogP contribution in [0.15, 0.2) is 52.2 Å². The number of carbonyl (C=O) groups is 1. The molecule has 1 aliphatic rings. The van der Waals surface area contributed by atoms with Crippen molar-refractivity contribution in [2.24, 2.45) is 14.1 Å². The predicted octanol–water partition coefficient (Wildman–Crippen LogP) is 2.69. The molecule has 0 bridgehead atoms. The zero-order valence-electron chi connectivity index (χ0n) is 17.8. The second-order valence-electron chi connectivity index (χ2n) is 8.05. The summed E-state index contributed by atoms with van der Waals surface area (Å²) in [6.07, 6.45) is 2.70. The van der Waals surface area contributed by atoms with E-state index in [0.717, 1.165) is 24.8 Å². The van der Waals surface area contributed by atoms with Crippen molar-refractivity contribution in [3.8, 4) is 0 Å². The summed E-state index contributed by atoms with van der Waals surface area (Å²) in [6, 6.07) is 11.3. The number of nitrogens with one attached hydrogen (secondary N) is 1. The van der Waals surface area contributed by atoms with E-state index >= 15 is 0 Å². The van der Waals surface area contributed by atoms with Gasteiger partial charge in [-0.1, -0.05) is 12.5 Å². The van der Waals surface area contributed by atoms with E-state index < -0.39 is 15.9 Å². The van der Waals surface area contributed by atoms with E-state index in [0.29, 0.717) is 17.7 Å². The van der Waals surface area contributed by atoms with Crippen LogP contribution in [0.5, 0.6) is 0 Å². The second kappa shape index (κ2) is 7.97. The van der Waals surface area contributed by atoms with E-state index in [1.165, 1.54) is 25.6 Å². The molecule has 0 radical (unpaired) electrons. The molecule has 3 aromatic rings. The van der Waals surface area contributed by atoms with Gasteiger partial charge >= 0.3 is 5.69 Å². The summed E-state index contributed by atoms with van der Waals surface area (Å²) in [5, 5.41) is 2.80. The highest BCUT2D eigenvalue weighted by molar-refractivity contribution is 7.89. The summed E-state index contributed by atoms with van der Waals surface area (Å²) in [7, 11) is -0.299. The van der Waals surface area contributed by atoms with Gasteiger partial charge in [-0.3, -0.25) is 13.9 Å². The minimum absolute atomic E-state index is 0.0551. The molecule has 1 aromatic heterocycles. The molecule has 164 valence electrons. The molecule has 1 fully saturated rings. The molecule has 1 unspecified atom stereocenters. The highest BCUT2D eigenvalue weighted by atomic mass is 32.2. The van der Waals surface area contributed by atoms with Gasteiger partial charge in [0.2, 0.25) is 10.0 Å². The zero-order chi connectivity index (χ0) is 22.3. The average molecular weight is 443 g/mol. The topological polar surface area (TPSA) is 93.4 Å². The van der Waals surface area contributed by atoms with Gasteiger partial charge in [0.05, 0.1) is 15.9 Å². The summed E-state index contributed by atoms with van der Waals surface area (Å²) in [5.41, 5.74) is 2.09. The summed E-state index contributed by atoms with van der Waals surface area (Å²) in [5.74, 6) is -0.413. The van der Waals surface area contributed by atoms with E-state index in [2.05, 4.69) is 5.32 Å². The van der Waals surface area contributed by atoms with Crippen LogP contribution in [0.25, 0.3) is 11.0 Å².